The van der Waals surface area contributed by atoms with Crippen molar-refractivity contribution in [2.24, 2.45) is 0 Å². The number of para-hydroxylation sites is 1. The number of hydrogen-bond acceptors (Lipinski definition) is 5. The lowest BCUT2D eigenvalue weighted by atomic mass is 10.2. The molecule has 4 rings (SSSR count). The van der Waals surface area contributed by atoms with E-state index >= 15 is 0 Å². The molecule has 0 saturated carbocycles. The van der Waals surface area contributed by atoms with Crippen LogP contribution in [0.4, 0.5) is 0 Å². The standard InChI is InChI=1S/C17H11NO3S/c1-20-11-6-7-14-10(8-11)9-12(17(19)21-14)16-18-13-4-2-3-5-15(13)22-16/h2-9H,1H3. The van der Waals surface area contributed by atoms with Gasteiger partial charge in [0.25, 0.3) is 0 Å². The SMILES string of the molecule is COc1ccc2oc(=O)c(-c3nc4ccccc4s3)cc2c1. The number of methoxy groups -OCH3 is 1. The molecule has 5 heteroatoms. The molecule has 0 unspecified atom stereocenters. The number of nitrogens with zero attached hydrogens (tertiary/aromatic N) is 1. The van der Waals surface area contributed by atoms with Crippen molar-refractivity contribution in [2.45, 2.75) is 0 Å². The summed E-state index contributed by atoms with van der Waals surface area (Å²) < 4.78 is 11.7. The molecule has 0 amide bonds. The van der Waals surface area contributed by atoms with E-state index in [9.17, 15) is 4.79 Å². The summed E-state index contributed by atoms with van der Waals surface area (Å²) in [5.41, 5.74) is 1.52. The molecular weight excluding hydrogens is 298 g/mol. The fourth-order valence-corrected chi connectivity index (χ4v) is 3.33. The molecule has 4 nitrogen and oxygen atoms in total. The van der Waals surface area contributed by atoms with Gasteiger partial charge in [0, 0.05) is 5.39 Å². The molecule has 2 aromatic heterocycles. The number of fused-ring (bicyclic) bond motifs is 2. The van der Waals surface area contributed by atoms with Gasteiger partial charge < -0.3 is 9.15 Å². The maximum absolute atomic E-state index is 12.2. The number of benzene rings is 2. The van der Waals surface area contributed by atoms with Crippen molar-refractivity contribution < 1.29 is 9.15 Å². The number of thiazole rings is 1. The Hall–Kier alpha value is -2.66. The highest BCUT2D eigenvalue weighted by Crippen LogP contribution is 2.30. The van der Waals surface area contributed by atoms with E-state index in [0.717, 1.165) is 21.4 Å². The van der Waals surface area contributed by atoms with Crippen LogP contribution in [-0.2, 0) is 0 Å². The first-order valence-electron chi connectivity index (χ1n) is 6.72. The average molecular weight is 309 g/mol. The Bertz CT molecular complexity index is 1020. The van der Waals surface area contributed by atoms with Crippen molar-refractivity contribution in [3.63, 3.8) is 0 Å². The molecule has 108 valence electrons. The van der Waals surface area contributed by atoms with Crippen LogP contribution in [0.2, 0.25) is 0 Å². The van der Waals surface area contributed by atoms with Gasteiger partial charge in [-0.15, -0.1) is 11.3 Å². The third-order valence-electron chi connectivity index (χ3n) is 3.46. The van der Waals surface area contributed by atoms with E-state index in [-0.39, 0.29) is 5.63 Å². The van der Waals surface area contributed by atoms with Gasteiger partial charge in [-0.3, -0.25) is 0 Å². The fourth-order valence-electron chi connectivity index (χ4n) is 2.36. The summed E-state index contributed by atoms with van der Waals surface area (Å²) in [6, 6.07) is 15.0. The zero-order valence-corrected chi connectivity index (χ0v) is 12.5. The quantitative estimate of drug-likeness (QED) is 0.524. The highest BCUT2D eigenvalue weighted by atomic mass is 32.1. The molecule has 0 fully saturated rings. The monoisotopic (exact) mass is 309 g/mol. The van der Waals surface area contributed by atoms with E-state index in [0.29, 0.717) is 16.2 Å². The summed E-state index contributed by atoms with van der Waals surface area (Å²) in [5, 5.41) is 1.48. The third-order valence-corrected chi connectivity index (χ3v) is 4.53. The van der Waals surface area contributed by atoms with Crippen LogP contribution in [0.25, 0.3) is 31.8 Å². The minimum atomic E-state index is -0.378. The van der Waals surface area contributed by atoms with E-state index in [1.54, 1.807) is 25.3 Å². The first-order chi connectivity index (χ1) is 10.7. The summed E-state index contributed by atoms with van der Waals surface area (Å²) in [6.45, 7) is 0. The van der Waals surface area contributed by atoms with Crippen LogP contribution in [0.1, 0.15) is 0 Å². The van der Waals surface area contributed by atoms with E-state index < -0.39 is 0 Å². The Balaban J connectivity index is 1.96. The summed E-state index contributed by atoms with van der Waals surface area (Å²) in [6.07, 6.45) is 0. The molecule has 0 atom stereocenters. The summed E-state index contributed by atoms with van der Waals surface area (Å²) in [5.74, 6) is 0.719. The van der Waals surface area contributed by atoms with Crippen LogP contribution in [0, 0.1) is 0 Å². The van der Waals surface area contributed by atoms with Gasteiger partial charge in [-0.25, -0.2) is 9.78 Å². The van der Waals surface area contributed by atoms with Crippen molar-refractivity contribution in [1.29, 1.82) is 0 Å². The lowest BCUT2D eigenvalue weighted by Gasteiger charge is -2.02. The van der Waals surface area contributed by atoms with Gasteiger partial charge in [0.1, 0.15) is 16.3 Å². The van der Waals surface area contributed by atoms with E-state index in [1.807, 2.05) is 30.3 Å². The highest BCUT2D eigenvalue weighted by Gasteiger charge is 2.13. The maximum atomic E-state index is 12.2. The highest BCUT2D eigenvalue weighted by molar-refractivity contribution is 7.21. The van der Waals surface area contributed by atoms with E-state index in [2.05, 4.69) is 4.98 Å². The maximum Gasteiger partial charge on any atom is 0.346 e. The molecule has 0 spiro atoms. The van der Waals surface area contributed by atoms with Crippen LogP contribution in [0.5, 0.6) is 5.75 Å². The molecule has 0 aliphatic rings. The summed E-state index contributed by atoms with van der Waals surface area (Å²) in [7, 11) is 1.61. The van der Waals surface area contributed by atoms with Gasteiger partial charge in [-0.05, 0) is 36.4 Å². The number of aromatic nitrogens is 1. The van der Waals surface area contributed by atoms with Crippen LogP contribution < -0.4 is 10.4 Å². The Morgan fingerprint density at radius 2 is 2.00 bits per heavy atom. The molecule has 0 radical (unpaired) electrons. The molecule has 2 heterocycles. The second-order valence-corrected chi connectivity index (χ2v) is 5.87. The Kier molecular flexibility index (Phi) is 2.94. The van der Waals surface area contributed by atoms with Gasteiger partial charge in [-0.1, -0.05) is 12.1 Å². The zero-order valence-electron chi connectivity index (χ0n) is 11.7. The van der Waals surface area contributed by atoms with E-state index in [1.165, 1.54) is 11.3 Å². The predicted octanol–water partition coefficient (Wildman–Crippen LogP) is 4.08. The Labute approximate surface area is 129 Å². The molecule has 0 saturated heterocycles. The van der Waals surface area contributed by atoms with Crippen molar-refractivity contribution in [2.75, 3.05) is 7.11 Å². The minimum absolute atomic E-state index is 0.378. The fraction of sp³-hybridized carbons (Fsp3) is 0.0588. The van der Waals surface area contributed by atoms with Crippen LogP contribution in [0.15, 0.2) is 57.7 Å². The van der Waals surface area contributed by atoms with Crippen molar-refractivity contribution in [3.8, 4) is 16.3 Å². The zero-order chi connectivity index (χ0) is 15.1. The second-order valence-electron chi connectivity index (χ2n) is 4.84. The molecule has 0 N–H and O–H groups in total. The van der Waals surface area contributed by atoms with Gasteiger partial charge in [0.15, 0.2) is 0 Å². The molecule has 22 heavy (non-hydrogen) atoms. The first kappa shape index (κ1) is 13.0. The normalized spacial score (nSPS) is 11.1. The molecule has 4 aromatic rings. The van der Waals surface area contributed by atoms with Gasteiger partial charge in [0.2, 0.25) is 0 Å². The smallest absolute Gasteiger partial charge is 0.346 e. The number of rotatable bonds is 2. The van der Waals surface area contributed by atoms with Gasteiger partial charge in [0.05, 0.1) is 22.9 Å². The van der Waals surface area contributed by atoms with Crippen molar-refractivity contribution in [3.05, 3.63) is 59.0 Å². The third kappa shape index (κ3) is 2.07. The molecule has 0 aliphatic carbocycles. The van der Waals surface area contributed by atoms with Gasteiger partial charge >= 0.3 is 5.63 Å². The van der Waals surface area contributed by atoms with Crippen LogP contribution in [0.3, 0.4) is 0 Å². The average Bonchev–Trinajstić information content (AvgIpc) is 2.97. The first-order valence-corrected chi connectivity index (χ1v) is 7.54. The predicted molar refractivity (Wildman–Crippen MR) is 87.7 cm³/mol. The molecule has 0 bridgehead atoms. The molecular formula is C17H11NO3S. The lowest BCUT2D eigenvalue weighted by Crippen LogP contribution is -2.02. The minimum Gasteiger partial charge on any atom is -0.497 e. The van der Waals surface area contributed by atoms with Crippen molar-refractivity contribution >= 4 is 32.5 Å². The number of hydrogen-bond donors (Lipinski definition) is 0. The van der Waals surface area contributed by atoms with Crippen LogP contribution in [-0.4, -0.2) is 12.1 Å². The Morgan fingerprint density at radius 3 is 2.82 bits per heavy atom. The van der Waals surface area contributed by atoms with Gasteiger partial charge in [-0.2, -0.15) is 0 Å². The Morgan fingerprint density at radius 1 is 1.14 bits per heavy atom. The molecule has 0 aliphatic heterocycles. The topological polar surface area (TPSA) is 52.3 Å². The van der Waals surface area contributed by atoms with E-state index in [4.69, 9.17) is 9.15 Å². The second kappa shape index (κ2) is 4.96. The molecule has 2 aromatic carbocycles. The summed E-state index contributed by atoms with van der Waals surface area (Å²) in [4.78, 5) is 16.8. The lowest BCUT2D eigenvalue weighted by molar-refractivity contribution is 0.415. The van der Waals surface area contributed by atoms with Crippen LogP contribution >= 0.6 is 11.3 Å². The summed E-state index contributed by atoms with van der Waals surface area (Å²) >= 11 is 1.48. The largest absolute Gasteiger partial charge is 0.497 e. The van der Waals surface area contributed by atoms with Crippen molar-refractivity contribution in [1.82, 2.24) is 4.98 Å². The number of ether oxygens (including phenoxy) is 1.